The minimum Gasteiger partial charge on any atom is -0.472 e. The molecule has 0 aliphatic carbocycles. The van der Waals surface area contributed by atoms with Crippen molar-refractivity contribution in [2.75, 3.05) is 13.1 Å². The van der Waals surface area contributed by atoms with E-state index in [9.17, 15) is 8.42 Å². The van der Waals surface area contributed by atoms with E-state index in [-0.39, 0.29) is 11.0 Å². The second kappa shape index (κ2) is 5.87. The van der Waals surface area contributed by atoms with E-state index in [1.54, 1.807) is 37.4 Å². The third-order valence-electron chi connectivity index (χ3n) is 3.51. The molecule has 3 rings (SSSR count). The van der Waals surface area contributed by atoms with Gasteiger partial charge in [-0.1, -0.05) is 23.7 Å². The second-order valence-electron chi connectivity index (χ2n) is 5.14. The van der Waals surface area contributed by atoms with Crippen LogP contribution in [0.15, 0.2) is 47.5 Å². The molecule has 2 aromatic rings. The van der Waals surface area contributed by atoms with Gasteiger partial charge in [-0.15, -0.1) is 0 Å². The van der Waals surface area contributed by atoms with Gasteiger partial charge in [0.1, 0.15) is 6.10 Å². The van der Waals surface area contributed by atoms with Crippen molar-refractivity contribution in [2.24, 2.45) is 0 Å². The van der Waals surface area contributed by atoms with Crippen LogP contribution >= 0.6 is 11.6 Å². The van der Waals surface area contributed by atoms with Crippen molar-refractivity contribution in [3.8, 4) is 5.88 Å². The molecule has 1 aliphatic heterocycles. The molecule has 0 atom stereocenters. The highest BCUT2D eigenvalue weighted by molar-refractivity contribution is 7.89. The molecule has 0 saturated carbocycles. The Kier molecular flexibility index (Phi) is 4.08. The van der Waals surface area contributed by atoms with Gasteiger partial charge in [-0.05, 0) is 30.7 Å². The van der Waals surface area contributed by atoms with Crippen LogP contribution in [-0.2, 0) is 10.0 Å². The standard InChI is InChI=1S/C15H15ClN2O3S/c1-11-5-6-12(16)8-14(11)22(19,20)18-9-13(10-18)21-15-4-2-3-7-17-15/h2-8,13H,9-10H2,1H3. The summed E-state index contributed by atoms with van der Waals surface area (Å²) >= 11 is 5.91. The van der Waals surface area contributed by atoms with Gasteiger partial charge in [-0.25, -0.2) is 13.4 Å². The average molecular weight is 339 g/mol. The highest BCUT2D eigenvalue weighted by Crippen LogP contribution is 2.27. The zero-order chi connectivity index (χ0) is 15.7. The largest absolute Gasteiger partial charge is 0.472 e. The first-order chi connectivity index (χ1) is 10.5. The normalized spacial score (nSPS) is 16.3. The predicted molar refractivity (Wildman–Crippen MR) is 83.6 cm³/mol. The van der Waals surface area contributed by atoms with E-state index < -0.39 is 10.0 Å². The van der Waals surface area contributed by atoms with Gasteiger partial charge in [-0.3, -0.25) is 0 Å². The van der Waals surface area contributed by atoms with Crippen LogP contribution in [-0.4, -0.2) is 36.9 Å². The fraction of sp³-hybridized carbons (Fsp3) is 0.267. The Morgan fingerprint density at radius 2 is 2.05 bits per heavy atom. The lowest BCUT2D eigenvalue weighted by Gasteiger charge is -2.37. The zero-order valence-corrected chi connectivity index (χ0v) is 13.5. The first-order valence-electron chi connectivity index (χ1n) is 6.81. The van der Waals surface area contributed by atoms with Crippen molar-refractivity contribution >= 4 is 21.6 Å². The Morgan fingerprint density at radius 1 is 1.27 bits per heavy atom. The molecular weight excluding hydrogens is 324 g/mol. The van der Waals surface area contributed by atoms with Crippen LogP contribution in [0.1, 0.15) is 5.56 Å². The molecule has 0 bridgehead atoms. The van der Waals surface area contributed by atoms with Gasteiger partial charge in [0, 0.05) is 17.3 Å². The van der Waals surface area contributed by atoms with Gasteiger partial charge >= 0.3 is 0 Å². The first kappa shape index (κ1) is 15.3. The molecule has 2 heterocycles. The van der Waals surface area contributed by atoms with E-state index in [0.717, 1.165) is 0 Å². The van der Waals surface area contributed by atoms with E-state index in [4.69, 9.17) is 16.3 Å². The number of pyridine rings is 1. The summed E-state index contributed by atoms with van der Waals surface area (Å²) in [4.78, 5) is 4.31. The Hall–Kier alpha value is -1.63. The molecule has 0 spiro atoms. The van der Waals surface area contributed by atoms with Crippen LogP contribution in [0, 0.1) is 6.92 Å². The van der Waals surface area contributed by atoms with Crippen LogP contribution in [0.2, 0.25) is 5.02 Å². The van der Waals surface area contributed by atoms with Crippen molar-refractivity contribution in [1.29, 1.82) is 0 Å². The van der Waals surface area contributed by atoms with E-state index in [1.165, 1.54) is 10.4 Å². The number of halogens is 1. The Labute approximate surface area is 134 Å². The molecule has 1 fully saturated rings. The highest BCUT2D eigenvalue weighted by Gasteiger charge is 2.39. The lowest BCUT2D eigenvalue weighted by atomic mass is 10.2. The van der Waals surface area contributed by atoms with Crippen molar-refractivity contribution < 1.29 is 13.2 Å². The maximum atomic E-state index is 12.6. The molecule has 0 N–H and O–H groups in total. The van der Waals surface area contributed by atoms with Crippen molar-refractivity contribution in [3.05, 3.63) is 53.2 Å². The minimum atomic E-state index is -3.53. The number of aromatic nitrogens is 1. The molecule has 1 saturated heterocycles. The first-order valence-corrected chi connectivity index (χ1v) is 8.62. The molecule has 116 valence electrons. The number of benzene rings is 1. The van der Waals surface area contributed by atoms with Crippen molar-refractivity contribution in [3.63, 3.8) is 0 Å². The number of sulfonamides is 1. The fourth-order valence-corrected chi connectivity index (χ4v) is 4.24. The lowest BCUT2D eigenvalue weighted by Crippen LogP contribution is -2.56. The number of hydrogen-bond acceptors (Lipinski definition) is 4. The SMILES string of the molecule is Cc1ccc(Cl)cc1S(=O)(=O)N1CC(Oc2ccccn2)C1. The van der Waals surface area contributed by atoms with Gasteiger partial charge in [0.15, 0.2) is 0 Å². The van der Waals surface area contributed by atoms with E-state index in [0.29, 0.717) is 29.6 Å². The number of hydrogen-bond donors (Lipinski definition) is 0. The number of ether oxygens (including phenoxy) is 1. The Bertz CT molecular complexity index is 775. The molecule has 0 unspecified atom stereocenters. The summed E-state index contributed by atoms with van der Waals surface area (Å²) in [7, 11) is -3.53. The lowest BCUT2D eigenvalue weighted by molar-refractivity contribution is 0.0720. The third kappa shape index (κ3) is 2.95. The topological polar surface area (TPSA) is 59.5 Å². The van der Waals surface area contributed by atoms with Gasteiger partial charge in [-0.2, -0.15) is 4.31 Å². The fourth-order valence-electron chi connectivity index (χ4n) is 2.25. The summed E-state index contributed by atoms with van der Waals surface area (Å²) in [5.41, 5.74) is 0.679. The molecule has 5 nitrogen and oxygen atoms in total. The maximum Gasteiger partial charge on any atom is 0.243 e. The second-order valence-corrected chi connectivity index (χ2v) is 7.48. The molecule has 1 aromatic carbocycles. The smallest absolute Gasteiger partial charge is 0.243 e. The predicted octanol–water partition coefficient (Wildman–Crippen LogP) is 2.50. The summed E-state index contributed by atoms with van der Waals surface area (Å²) in [6, 6.07) is 10.2. The molecule has 0 amide bonds. The van der Waals surface area contributed by atoms with Gasteiger partial charge in [0.2, 0.25) is 15.9 Å². The minimum absolute atomic E-state index is 0.177. The van der Waals surface area contributed by atoms with E-state index >= 15 is 0 Å². The molecule has 7 heteroatoms. The summed E-state index contributed by atoms with van der Waals surface area (Å²) < 4.78 is 32.2. The number of nitrogens with zero attached hydrogens (tertiary/aromatic N) is 2. The number of aryl methyl sites for hydroxylation is 1. The summed E-state index contributed by atoms with van der Waals surface area (Å²) in [6.07, 6.45) is 1.46. The van der Waals surface area contributed by atoms with Crippen molar-refractivity contribution in [2.45, 2.75) is 17.9 Å². The molecule has 1 aliphatic rings. The molecule has 22 heavy (non-hydrogen) atoms. The van der Waals surface area contributed by atoms with Gasteiger partial charge in [0.25, 0.3) is 0 Å². The number of rotatable bonds is 4. The van der Waals surface area contributed by atoms with E-state index in [1.807, 2.05) is 6.07 Å². The molecule has 1 aromatic heterocycles. The summed E-state index contributed by atoms with van der Waals surface area (Å²) in [6.45, 7) is 2.38. The zero-order valence-electron chi connectivity index (χ0n) is 11.9. The van der Waals surface area contributed by atoms with Crippen LogP contribution in [0.3, 0.4) is 0 Å². The quantitative estimate of drug-likeness (QED) is 0.859. The summed E-state index contributed by atoms with van der Waals surface area (Å²) in [5.74, 6) is 0.503. The third-order valence-corrected chi connectivity index (χ3v) is 5.72. The summed E-state index contributed by atoms with van der Waals surface area (Å²) in [5, 5.41) is 0.408. The monoisotopic (exact) mass is 338 g/mol. The Balaban J connectivity index is 1.70. The van der Waals surface area contributed by atoms with E-state index in [2.05, 4.69) is 4.98 Å². The maximum absolute atomic E-state index is 12.6. The highest BCUT2D eigenvalue weighted by atomic mass is 35.5. The molecular formula is C15H15ClN2O3S. The van der Waals surface area contributed by atoms with Crippen LogP contribution < -0.4 is 4.74 Å². The van der Waals surface area contributed by atoms with Gasteiger partial charge in [0.05, 0.1) is 18.0 Å². The van der Waals surface area contributed by atoms with Crippen LogP contribution in [0.5, 0.6) is 5.88 Å². The van der Waals surface area contributed by atoms with Crippen molar-refractivity contribution in [1.82, 2.24) is 9.29 Å². The van der Waals surface area contributed by atoms with Crippen LogP contribution in [0.4, 0.5) is 0 Å². The van der Waals surface area contributed by atoms with Crippen LogP contribution in [0.25, 0.3) is 0 Å². The molecule has 0 radical (unpaired) electrons. The average Bonchev–Trinajstić information content (AvgIpc) is 2.45. The van der Waals surface area contributed by atoms with Gasteiger partial charge < -0.3 is 4.74 Å². The Morgan fingerprint density at radius 3 is 2.73 bits per heavy atom.